The fourth-order valence-corrected chi connectivity index (χ4v) is 12.1. The van der Waals surface area contributed by atoms with Gasteiger partial charge in [-0.15, -0.1) is 0 Å². The van der Waals surface area contributed by atoms with E-state index in [1.54, 1.807) is 6.92 Å². The van der Waals surface area contributed by atoms with Crippen molar-refractivity contribution >= 4 is 90.8 Å². The number of likely N-dealkylation sites (N-methyl/N-ethyl adjacent to an activating group) is 2. The van der Waals surface area contributed by atoms with Gasteiger partial charge in [0.2, 0.25) is 15.4 Å². The smallest absolute Gasteiger partial charge is 0.340 e. The molecule has 4 heterocycles. The lowest BCUT2D eigenvalue weighted by molar-refractivity contribution is -0.146. The molecule has 10 nitrogen and oxygen atoms in total. The van der Waals surface area contributed by atoms with Crippen molar-refractivity contribution in [1.29, 1.82) is 0 Å². The van der Waals surface area contributed by atoms with Crippen molar-refractivity contribution in [3.05, 3.63) is 94.9 Å². The highest BCUT2D eigenvalue weighted by Crippen LogP contribution is 2.51. The monoisotopic (exact) mass is 916 g/mol. The Morgan fingerprint density at radius 1 is 0.883 bits per heavy atom. The number of sulfonamides is 1. The van der Waals surface area contributed by atoms with Gasteiger partial charge in [-0.2, -0.15) is 0 Å². The first kappa shape index (κ1) is 44.5. The number of carbonyl (C=O) groups excluding carboxylic acids is 2. The number of halogens is 4. The zero-order valence-electron chi connectivity index (χ0n) is 35.3. The Bertz CT molecular complexity index is 2660. The topological polar surface area (TPSA) is 105 Å². The molecule has 0 aliphatic carbocycles. The number of allylic oxidation sites excluding steroid dienone is 1. The lowest BCUT2D eigenvalue weighted by Crippen LogP contribution is -2.50. The molecule has 7 rings (SSSR count). The van der Waals surface area contributed by atoms with Gasteiger partial charge >= 0.3 is 11.9 Å². The van der Waals surface area contributed by atoms with E-state index in [0.29, 0.717) is 58.4 Å². The van der Waals surface area contributed by atoms with Crippen LogP contribution in [-0.2, 0) is 24.3 Å². The number of piperidine rings is 1. The summed E-state index contributed by atoms with van der Waals surface area (Å²) in [6.45, 7) is 18.1. The molecule has 4 aliphatic rings. The maximum absolute atomic E-state index is 14.3. The second-order valence-corrected chi connectivity index (χ2v) is 20.2. The van der Waals surface area contributed by atoms with Crippen LogP contribution in [0, 0.1) is 5.92 Å². The van der Waals surface area contributed by atoms with E-state index >= 15 is 0 Å². The van der Waals surface area contributed by atoms with Crippen molar-refractivity contribution in [2.24, 2.45) is 5.92 Å². The highest BCUT2D eigenvalue weighted by Gasteiger charge is 2.40. The molecule has 320 valence electrons. The Hall–Kier alpha value is -3.58. The second kappa shape index (κ2) is 16.3. The molecule has 0 amide bonds. The number of anilines is 1. The molecule has 0 saturated carbocycles. The quantitative estimate of drug-likeness (QED) is 0.0711. The molecule has 0 spiro atoms. The van der Waals surface area contributed by atoms with Crippen LogP contribution in [0.1, 0.15) is 101 Å². The third kappa shape index (κ3) is 7.45. The van der Waals surface area contributed by atoms with Gasteiger partial charge in [-0.1, -0.05) is 52.5 Å². The molecule has 4 aliphatic heterocycles. The number of nitrogens with zero attached hydrogens (tertiary/aromatic N) is 3. The zero-order valence-corrected chi connectivity index (χ0v) is 39.2. The van der Waals surface area contributed by atoms with Crippen LogP contribution >= 0.6 is 46.4 Å². The summed E-state index contributed by atoms with van der Waals surface area (Å²) in [6, 6.07) is 7.91. The number of rotatable bonds is 9. The van der Waals surface area contributed by atoms with Crippen molar-refractivity contribution in [1.82, 2.24) is 8.88 Å². The van der Waals surface area contributed by atoms with E-state index < -0.39 is 21.5 Å². The van der Waals surface area contributed by atoms with Crippen molar-refractivity contribution in [3.8, 4) is 11.5 Å². The van der Waals surface area contributed by atoms with E-state index in [2.05, 4.69) is 43.2 Å². The SMILES string of the molecule is CCOC(=O)c1c(Cl)c(Cl)c(Cl)c(Cl)c1C1=c2cc3c(cc2Oc2cc4c(cc21)C(C)=CC(C)(C)N4CC)=[N+](CC)C(C)(C)C=C3CS(=O)(=O)N1CCC(C(=O)OC)CC1. The maximum Gasteiger partial charge on any atom is 0.340 e. The number of hydrogen-bond acceptors (Lipinski definition) is 8. The number of carbonyl (C=O) groups is 2. The summed E-state index contributed by atoms with van der Waals surface area (Å²) in [5.74, 6) is -0.738. The molecule has 0 N–H and O–H groups in total. The molecular formula is C45H50Cl4N3O7S+. The van der Waals surface area contributed by atoms with Crippen LogP contribution in [0.4, 0.5) is 5.69 Å². The molecule has 0 radical (unpaired) electrons. The number of methoxy groups -OCH3 is 1. The van der Waals surface area contributed by atoms with Crippen molar-refractivity contribution in [2.45, 2.75) is 79.3 Å². The van der Waals surface area contributed by atoms with E-state index in [1.807, 2.05) is 51.1 Å². The van der Waals surface area contributed by atoms with Gasteiger partial charge < -0.3 is 19.1 Å². The molecule has 0 unspecified atom stereocenters. The largest absolute Gasteiger partial charge is 0.469 e. The minimum atomic E-state index is -3.86. The predicted octanol–water partition coefficient (Wildman–Crippen LogP) is 8.75. The molecule has 3 aromatic carbocycles. The maximum atomic E-state index is 14.3. The Labute approximate surface area is 372 Å². The first-order valence-corrected chi connectivity index (χ1v) is 23.3. The van der Waals surface area contributed by atoms with E-state index in [0.717, 1.165) is 28.7 Å². The van der Waals surface area contributed by atoms with Gasteiger partial charge in [0.25, 0.3) is 0 Å². The average molecular weight is 919 g/mol. The fraction of sp³-hybridized carbons (Fsp3) is 0.444. The predicted molar refractivity (Wildman–Crippen MR) is 241 cm³/mol. The molecular weight excluding hydrogens is 868 g/mol. The molecule has 60 heavy (non-hydrogen) atoms. The van der Waals surface area contributed by atoms with Crippen LogP contribution < -0.4 is 24.8 Å². The van der Waals surface area contributed by atoms with Gasteiger partial charge in [-0.3, -0.25) is 4.79 Å². The number of benzene rings is 3. The molecule has 1 saturated heterocycles. The van der Waals surface area contributed by atoms with E-state index in [9.17, 15) is 18.0 Å². The van der Waals surface area contributed by atoms with E-state index in [1.165, 1.54) is 11.4 Å². The molecule has 0 aromatic heterocycles. The molecule has 3 aromatic rings. The minimum absolute atomic E-state index is 0.00744. The summed E-state index contributed by atoms with van der Waals surface area (Å²) in [5.41, 5.74) is 4.62. The third-order valence-electron chi connectivity index (χ3n) is 12.1. The van der Waals surface area contributed by atoms with Gasteiger partial charge in [0.05, 0.1) is 68.2 Å². The van der Waals surface area contributed by atoms with Crippen LogP contribution in [0.5, 0.6) is 11.5 Å². The number of fused-ring (bicyclic) bond motifs is 4. The zero-order chi connectivity index (χ0) is 43.8. The van der Waals surface area contributed by atoms with Crippen LogP contribution in [0.2, 0.25) is 20.1 Å². The van der Waals surface area contributed by atoms with Crippen LogP contribution in [0.3, 0.4) is 0 Å². The minimum Gasteiger partial charge on any atom is -0.469 e. The number of esters is 2. The molecule has 0 atom stereocenters. The first-order valence-electron chi connectivity index (χ1n) is 20.2. The van der Waals surface area contributed by atoms with Gasteiger partial charge in [0.1, 0.15) is 18.0 Å². The summed E-state index contributed by atoms with van der Waals surface area (Å²) in [4.78, 5) is 28.6. The van der Waals surface area contributed by atoms with E-state index in [4.69, 9.17) is 60.6 Å². The molecule has 1 fully saturated rings. The standard InChI is InChI=1S/C45H50Cl4N3O7S/c1-10-51-31-19-33-29(17-27(31)24(4)21-44(51,5)6)35(36-37(43(54)58-12-3)39(47)41(49)40(48)38(36)46)30-18-28-26(22-45(7,8)52(11-2)32(28)20-34(30)59-33)23-60(55,56)50-15-13-25(14-16-50)42(53)57-9/h17-22,25H,10-16,23H2,1-9H3/q+1. The van der Waals surface area contributed by atoms with Crippen LogP contribution in [-0.4, -0.2) is 81.4 Å². The summed E-state index contributed by atoms with van der Waals surface area (Å²) < 4.78 is 49.7. The Morgan fingerprint density at radius 2 is 1.55 bits per heavy atom. The molecule has 0 bridgehead atoms. The van der Waals surface area contributed by atoms with E-state index in [-0.39, 0.29) is 74.1 Å². The summed E-state index contributed by atoms with van der Waals surface area (Å²) in [7, 11) is -2.51. The fourth-order valence-electron chi connectivity index (χ4n) is 9.50. The lowest BCUT2D eigenvalue weighted by Gasteiger charge is -2.43. The normalized spacial score (nSPS) is 18.4. The highest BCUT2D eigenvalue weighted by atomic mass is 35.5. The Morgan fingerprint density at radius 3 is 2.17 bits per heavy atom. The summed E-state index contributed by atoms with van der Waals surface area (Å²) in [6.07, 6.45) is 4.98. The summed E-state index contributed by atoms with van der Waals surface area (Å²) in [5, 5.41) is 1.05. The number of hydrogen-bond donors (Lipinski definition) is 0. The molecule has 15 heteroatoms. The van der Waals surface area contributed by atoms with Crippen LogP contribution in [0.15, 0.2) is 36.4 Å². The van der Waals surface area contributed by atoms with Gasteiger partial charge in [-0.25, -0.2) is 22.1 Å². The van der Waals surface area contributed by atoms with Crippen LogP contribution in [0.25, 0.3) is 16.7 Å². The van der Waals surface area contributed by atoms with Crippen molar-refractivity contribution < 1.29 is 32.2 Å². The average Bonchev–Trinajstić information content (AvgIpc) is 3.19. The third-order valence-corrected chi connectivity index (χ3v) is 15.8. The van der Waals surface area contributed by atoms with Crippen molar-refractivity contribution in [3.63, 3.8) is 0 Å². The Kier molecular flexibility index (Phi) is 12.1. The number of ether oxygens (including phenoxy) is 3. The highest BCUT2D eigenvalue weighted by molar-refractivity contribution is 7.89. The Balaban J connectivity index is 1.55. The van der Waals surface area contributed by atoms with Gasteiger partial charge in [-0.05, 0) is 83.7 Å². The van der Waals surface area contributed by atoms with Gasteiger partial charge in [0, 0.05) is 72.7 Å². The van der Waals surface area contributed by atoms with Crippen molar-refractivity contribution in [2.75, 3.05) is 50.5 Å². The first-order chi connectivity index (χ1) is 28.2. The lowest BCUT2D eigenvalue weighted by atomic mass is 9.83. The second-order valence-electron chi connectivity index (χ2n) is 16.7. The summed E-state index contributed by atoms with van der Waals surface area (Å²) >= 11 is 27.6. The van der Waals surface area contributed by atoms with Gasteiger partial charge in [0.15, 0.2) is 5.54 Å².